The van der Waals surface area contributed by atoms with Crippen LogP contribution >= 0.6 is 0 Å². The highest BCUT2D eigenvalue weighted by atomic mass is 16.5. The van der Waals surface area contributed by atoms with Crippen LogP contribution in [0.2, 0.25) is 0 Å². The molecule has 1 aromatic carbocycles. The van der Waals surface area contributed by atoms with Gasteiger partial charge < -0.3 is 9.64 Å². The smallest absolute Gasteiger partial charge is 0.316 e. The Hall–Kier alpha value is -2.43. The molecule has 2 heterocycles. The van der Waals surface area contributed by atoms with Gasteiger partial charge in [-0.25, -0.2) is 9.97 Å². The van der Waals surface area contributed by atoms with Crippen molar-refractivity contribution in [3.8, 4) is 6.01 Å². The lowest BCUT2D eigenvalue weighted by Gasteiger charge is -2.32. The second kappa shape index (κ2) is 8.98. The number of rotatable bonds is 6. The van der Waals surface area contributed by atoms with Gasteiger partial charge in [-0.05, 0) is 41.9 Å². The van der Waals surface area contributed by atoms with Gasteiger partial charge in [0.2, 0.25) is 5.91 Å². The normalized spacial score (nSPS) is 17.2. The van der Waals surface area contributed by atoms with Crippen LogP contribution in [0, 0.1) is 0 Å². The molecule has 2 aromatic rings. The van der Waals surface area contributed by atoms with Gasteiger partial charge in [-0.1, -0.05) is 45.0 Å². The lowest BCUT2D eigenvalue weighted by Crippen LogP contribution is -2.45. The van der Waals surface area contributed by atoms with E-state index in [1.54, 1.807) is 12.4 Å². The average molecular weight is 367 g/mol. The minimum Gasteiger partial charge on any atom is -0.458 e. The van der Waals surface area contributed by atoms with Crippen molar-refractivity contribution in [1.29, 1.82) is 0 Å². The first-order valence-electron chi connectivity index (χ1n) is 9.89. The molecule has 1 unspecified atom stereocenters. The van der Waals surface area contributed by atoms with Gasteiger partial charge in [-0.3, -0.25) is 4.79 Å². The SMILES string of the molecule is CCc1cnc(OC2CCCN(C(=O)Cc3ccc(C(C)C)cc3)C2)nc1. The molecule has 1 amide bonds. The molecule has 0 saturated carbocycles. The number of nitrogens with zero attached hydrogens (tertiary/aromatic N) is 3. The minimum atomic E-state index is -0.0431. The largest absolute Gasteiger partial charge is 0.458 e. The quantitative estimate of drug-likeness (QED) is 0.780. The molecule has 0 bridgehead atoms. The summed E-state index contributed by atoms with van der Waals surface area (Å²) in [6.07, 6.45) is 6.76. The number of ether oxygens (including phenoxy) is 1. The van der Waals surface area contributed by atoms with Crippen molar-refractivity contribution in [3.05, 3.63) is 53.3 Å². The summed E-state index contributed by atoms with van der Waals surface area (Å²) in [6, 6.07) is 8.76. The number of carbonyl (C=O) groups excluding carboxylic acids is 1. The molecule has 27 heavy (non-hydrogen) atoms. The van der Waals surface area contributed by atoms with E-state index in [0.717, 1.165) is 36.9 Å². The van der Waals surface area contributed by atoms with Gasteiger partial charge in [0.25, 0.3) is 0 Å². The molecule has 0 N–H and O–H groups in total. The van der Waals surface area contributed by atoms with E-state index in [4.69, 9.17) is 4.74 Å². The molecule has 3 rings (SSSR count). The van der Waals surface area contributed by atoms with Crippen LogP contribution < -0.4 is 4.74 Å². The van der Waals surface area contributed by atoms with E-state index in [1.165, 1.54) is 5.56 Å². The van der Waals surface area contributed by atoms with Crippen molar-refractivity contribution in [2.45, 2.75) is 58.5 Å². The Bertz CT molecular complexity index is 741. The third-order valence-corrected chi connectivity index (χ3v) is 5.09. The van der Waals surface area contributed by atoms with Crippen LogP contribution in [0.3, 0.4) is 0 Å². The van der Waals surface area contributed by atoms with Gasteiger partial charge in [-0.15, -0.1) is 0 Å². The van der Waals surface area contributed by atoms with Gasteiger partial charge in [-0.2, -0.15) is 0 Å². The third-order valence-electron chi connectivity index (χ3n) is 5.09. The van der Waals surface area contributed by atoms with E-state index < -0.39 is 0 Å². The molecule has 5 nitrogen and oxygen atoms in total. The highest BCUT2D eigenvalue weighted by Crippen LogP contribution is 2.18. The predicted octanol–water partition coefficient (Wildman–Crippen LogP) is 3.77. The molecule has 1 aromatic heterocycles. The van der Waals surface area contributed by atoms with Gasteiger partial charge in [0.1, 0.15) is 6.10 Å². The van der Waals surface area contributed by atoms with Crippen LogP contribution in [0.1, 0.15) is 56.2 Å². The molecule has 0 radical (unpaired) electrons. The molecule has 1 atom stereocenters. The Morgan fingerprint density at radius 3 is 2.52 bits per heavy atom. The van der Waals surface area contributed by atoms with E-state index in [9.17, 15) is 4.79 Å². The van der Waals surface area contributed by atoms with Crippen LogP contribution in [-0.2, 0) is 17.6 Å². The summed E-state index contributed by atoms with van der Waals surface area (Å²) < 4.78 is 5.91. The fourth-order valence-corrected chi connectivity index (χ4v) is 3.30. The molecular formula is C22H29N3O2. The van der Waals surface area contributed by atoms with Crippen molar-refractivity contribution in [1.82, 2.24) is 14.9 Å². The van der Waals surface area contributed by atoms with E-state index in [0.29, 0.717) is 24.9 Å². The monoisotopic (exact) mass is 367 g/mol. The van der Waals surface area contributed by atoms with Crippen LogP contribution in [0.5, 0.6) is 6.01 Å². The van der Waals surface area contributed by atoms with Gasteiger partial charge >= 0.3 is 6.01 Å². The molecule has 144 valence electrons. The molecule has 0 spiro atoms. The summed E-state index contributed by atoms with van der Waals surface area (Å²) in [5.41, 5.74) is 3.45. The molecule has 0 aliphatic carbocycles. The average Bonchev–Trinajstić information content (AvgIpc) is 2.69. The Morgan fingerprint density at radius 1 is 1.19 bits per heavy atom. The van der Waals surface area contributed by atoms with Gasteiger partial charge in [0.15, 0.2) is 0 Å². The topological polar surface area (TPSA) is 55.3 Å². The van der Waals surface area contributed by atoms with Crippen LogP contribution in [0.25, 0.3) is 0 Å². The fraction of sp³-hybridized carbons (Fsp3) is 0.500. The summed E-state index contributed by atoms with van der Waals surface area (Å²) in [5, 5.41) is 0. The van der Waals surface area contributed by atoms with E-state index >= 15 is 0 Å². The van der Waals surface area contributed by atoms with E-state index in [1.807, 2.05) is 4.90 Å². The number of carbonyl (C=O) groups is 1. The first-order chi connectivity index (χ1) is 13.0. The maximum atomic E-state index is 12.7. The summed E-state index contributed by atoms with van der Waals surface area (Å²) in [7, 11) is 0. The molecule has 5 heteroatoms. The van der Waals surface area contributed by atoms with Crippen molar-refractivity contribution in [2.75, 3.05) is 13.1 Å². The van der Waals surface area contributed by atoms with Crippen LogP contribution in [0.15, 0.2) is 36.7 Å². The van der Waals surface area contributed by atoms with Gasteiger partial charge in [0, 0.05) is 18.9 Å². The zero-order valence-electron chi connectivity index (χ0n) is 16.5. The molecular weight excluding hydrogens is 338 g/mol. The lowest BCUT2D eigenvalue weighted by atomic mass is 10.0. The maximum Gasteiger partial charge on any atom is 0.316 e. The Labute approximate surface area is 161 Å². The number of piperidine rings is 1. The summed E-state index contributed by atoms with van der Waals surface area (Å²) >= 11 is 0. The second-order valence-corrected chi connectivity index (χ2v) is 7.52. The minimum absolute atomic E-state index is 0.0431. The lowest BCUT2D eigenvalue weighted by molar-refractivity contribution is -0.133. The number of aryl methyl sites for hydroxylation is 1. The maximum absolute atomic E-state index is 12.7. The number of amides is 1. The van der Waals surface area contributed by atoms with Crippen molar-refractivity contribution in [3.63, 3.8) is 0 Å². The molecule has 1 fully saturated rings. The summed E-state index contributed by atoms with van der Waals surface area (Å²) in [4.78, 5) is 23.1. The summed E-state index contributed by atoms with van der Waals surface area (Å²) in [6.45, 7) is 7.81. The number of hydrogen-bond donors (Lipinski definition) is 0. The standard InChI is InChI=1S/C22H29N3O2/c1-4-17-13-23-22(24-14-17)27-20-6-5-11-25(15-20)21(26)12-18-7-9-19(10-8-18)16(2)3/h7-10,13-14,16,20H,4-6,11-12,15H2,1-3H3. The van der Waals surface area contributed by atoms with Crippen LogP contribution in [-0.4, -0.2) is 40.0 Å². The first kappa shape index (κ1) is 19.3. The highest BCUT2D eigenvalue weighted by molar-refractivity contribution is 5.79. The predicted molar refractivity (Wildman–Crippen MR) is 106 cm³/mol. The number of benzene rings is 1. The number of likely N-dealkylation sites (tertiary alicyclic amines) is 1. The van der Waals surface area contributed by atoms with Crippen molar-refractivity contribution < 1.29 is 9.53 Å². The summed E-state index contributed by atoms with van der Waals surface area (Å²) in [5.74, 6) is 0.659. The molecule has 1 saturated heterocycles. The Kier molecular flexibility index (Phi) is 6.43. The van der Waals surface area contributed by atoms with Gasteiger partial charge in [0.05, 0.1) is 13.0 Å². The fourth-order valence-electron chi connectivity index (χ4n) is 3.30. The van der Waals surface area contributed by atoms with Crippen molar-refractivity contribution in [2.24, 2.45) is 0 Å². The first-order valence-corrected chi connectivity index (χ1v) is 9.89. The zero-order valence-corrected chi connectivity index (χ0v) is 16.5. The second-order valence-electron chi connectivity index (χ2n) is 7.52. The molecule has 1 aliphatic rings. The zero-order chi connectivity index (χ0) is 19.2. The third kappa shape index (κ3) is 5.28. The van der Waals surface area contributed by atoms with Crippen LogP contribution in [0.4, 0.5) is 0 Å². The van der Waals surface area contributed by atoms with E-state index in [-0.39, 0.29) is 12.0 Å². The van der Waals surface area contributed by atoms with Crippen molar-refractivity contribution >= 4 is 5.91 Å². The Morgan fingerprint density at radius 2 is 1.89 bits per heavy atom. The number of aromatic nitrogens is 2. The Balaban J connectivity index is 1.55. The highest BCUT2D eigenvalue weighted by Gasteiger charge is 2.25. The molecule has 1 aliphatic heterocycles. The number of hydrogen-bond acceptors (Lipinski definition) is 4. The van der Waals surface area contributed by atoms with E-state index in [2.05, 4.69) is 55.0 Å².